The largest absolute Gasteiger partial charge is 0.445 e. The van der Waals surface area contributed by atoms with E-state index in [0.29, 0.717) is 12.0 Å². The quantitative estimate of drug-likeness (QED) is 0.844. The van der Waals surface area contributed by atoms with Crippen LogP contribution in [-0.2, 0) is 10.2 Å². The lowest BCUT2D eigenvalue weighted by Crippen LogP contribution is -2.35. The molecule has 0 aromatic heterocycles. The molecular weight excluding hydrogens is 276 g/mol. The minimum atomic E-state index is -0.608. The van der Waals surface area contributed by atoms with Gasteiger partial charge in [0, 0.05) is 18.0 Å². The van der Waals surface area contributed by atoms with Crippen LogP contribution in [0.2, 0.25) is 0 Å². The molecule has 2 rings (SSSR count). The van der Waals surface area contributed by atoms with Crippen molar-refractivity contribution in [3.05, 3.63) is 48.1 Å². The summed E-state index contributed by atoms with van der Waals surface area (Å²) in [6, 6.07) is 3.57. The highest BCUT2D eigenvalue weighted by molar-refractivity contribution is 5.67. The van der Waals surface area contributed by atoms with Crippen molar-refractivity contribution < 1.29 is 18.3 Å². The van der Waals surface area contributed by atoms with Gasteiger partial charge in [-0.3, -0.25) is 0 Å². The predicted molar refractivity (Wildman–Crippen MR) is 76.0 cm³/mol. The number of carbonyl (C=O) groups excluding carboxylic acids is 1. The molecule has 1 aliphatic rings. The zero-order valence-electron chi connectivity index (χ0n) is 12.2. The average Bonchev–Trinajstić information content (AvgIpc) is 2.96. The molecule has 1 saturated carbocycles. The highest BCUT2D eigenvalue weighted by atomic mass is 19.1. The molecule has 1 atom stereocenters. The maximum atomic E-state index is 14.1. The van der Waals surface area contributed by atoms with E-state index in [-0.39, 0.29) is 18.6 Å². The van der Waals surface area contributed by atoms with Gasteiger partial charge >= 0.3 is 6.09 Å². The first-order valence-corrected chi connectivity index (χ1v) is 6.79. The van der Waals surface area contributed by atoms with E-state index in [1.807, 2.05) is 13.8 Å². The van der Waals surface area contributed by atoms with Crippen LogP contribution in [0, 0.1) is 17.0 Å². The highest BCUT2D eigenvalue weighted by Crippen LogP contribution is 2.64. The number of benzene rings is 1. The van der Waals surface area contributed by atoms with E-state index in [4.69, 9.17) is 4.74 Å². The molecule has 114 valence electrons. The van der Waals surface area contributed by atoms with Gasteiger partial charge in [0.1, 0.15) is 18.2 Å². The molecule has 21 heavy (non-hydrogen) atoms. The second-order valence-corrected chi connectivity index (χ2v) is 6.01. The third kappa shape index (κ3) is 2.91. The van der Waals surface area contributed by atoms with E-state index in [2.05, 4.69) is 11.9 Å². The molecule has 0 radical (unpaired) electrons. The van der Waals surface area contributed by atoms with Gasteiger partial charge < -0.3 is 10.1 Å². The summed E-state index contributed by atoms with van der Waals surface area (Å²) in [6.45, 7) is 7.81. The van der Waals surface area contributed by atoms with Gasteiger partial charge in [-0.25, -0.2) is 13.6 Å². The number of nitrogens with one attached hydrogen (secondary N) is 1. The van der Waals surface area contributed by atoms with Crippen molar-refractivity contribution in [3.8, 4) is 0 Å². The molecule has 0 spiro atoms. The van der Waals surface area contributed by atoms with Gasteiger partial charge in [-0.2, -0.15) is 0 Å². The number of halogens is 2. The van der Waals surface area contributed by atoms with Gasteiger partial charge in [0.15, 0.2) is 0 Å². The van der Waals surface area contributed by atoms with Crippen LogP contribution in [0.1, 0.15) is 25.8 Å². The predicted octanol–water partition coefficient (Wildman–Crippen LogP) is 3.54. The van der Waals surface area contributed by atoms with Gasteiger partial charge in [0.05, 0.1) is 0 Å². The van der Waals surface area contributed by atoms with Crippen molar-refractivity contribution in [3.63, 3.8) is 0 Å². The van der Waals surface area contributed by atoms with Gasteiger partial charge in [-0.05, 0) is 23.5 Å². The molecule has 5 heteroatoms. The first kappa shape index (κ1) is 15.5. The van der Waals surface area contributed by atoms with Crippen molar-refractivity contribution in [2.75, 3.05) is 13.2 Å². The van der Waals surface area contributed by atoms with Gasteiger partial charge in [-0.15, -0.1) is 0 Å². The standard InChI is InChI=1S/C16H19F2NO2/c1-4-7-21-14(20)19-10-16(9-15(16,2)3)12-6-5-11(17)8-13(12)18/h4-6,8H,1,7,9-10H2,2-3H3,(H,19,20). The van der Waals surface area contributed by atoms with Crippen molar-refractivity contribution in [2.24, 2.45) is 5.41 Å². The van der Waals surface area contributed by atoms with Crippen molar-refractivity contribution >= 4 is 6.09 Å². The first-order valence-electron chi connectivity index (χ1n) is 6.79. The average molecular weight is 295 g/mol. The number of hydrogen-bond acceptors (Lipinski definition) is 2. The van der Waals surface area contributed by atoms with Gasteiger partial charge in [-0.1, -0.05) is 32.6 Å². The van der Waals surface area contributed by atoms with Crippen LogP contribution < -0.4 is 5.32 Å². The summed E-state index contributed by atoms with van der Waals surface area (Å²) in [4.78, 5) is 11.5. The monoisotopic (exact) mass is 295 g/mol. The molecule has 1 unspecified atom stereocenters. The third-order valence-electron chi connectivity index (χ3n) is 4.23. The van der Waals surface area contributed by atoms with Crippen molar-refractivity contribution in [2.45, 2.75) is 25.7 Å². The van der Waals surface area contributed by atoms with E-state index >= 15 is 0 Å². The second kappa shape index (κ2) is 5.47. The number of carbonyl (C=O) groups is 1. The lowest BCUT2D eigenvalue weighted by atomic mass is 9.87. The summed E-state index contributed by atoms with van der Waals surface area (Å²) in [6.07, 6.45) is 1.61. The molecule has 1 aliphatic carbocycles. The second-order valence-electron chi connectivity index (χ2n) is 6.01. The fraction of sp³-hybridized carbons (Fsp3) is 0.438. The van der Waals surface area contributed by atoms with Gasteiger partial charge in [0.2, 0.25) is 0 Å². The maximum absolute atomic E-state index is 14.1. The maximum Gasteiger partial charge on any atom is 0.407 e. The zero-order chi connectivity index (χ0) is 15.7. The summed E-state index contributed by atoms with van der Waals surface area (Å²) in [5.41, 5.74) is -0.270. The Bertz CT molecular complexity index is 571. The van der Waals surface area contributed by atoms with E-state index in [0.717, 1.165) is 6.07 Å². The lowest BCUT2D eigenvalue weighted by Gasteiger charge is -2.22. The Labute approximate surface area is 123 Å². The molecule has 1 fully saturated rings. The molecular formula is C16H19F2NO2. The smallest absolute Gasteiger partial charge is 0.407 e. The number of hydrogen-bond donors (Lipinski definition) is 1. The summed E-state index contributed by atoms with van der Waals surface area (Å²) < 4.78 is 32.0. The number of rotatable bonds is 5. The summed E-state index contributed by atoms with van der Waals surface area (Å²) in [5.74, 6) is -1.19. The molecule has 0 aliphatic heterocycles. The number of amides is 1. The van der Waals surface area contributed by atoms with Crippen LogP contribution in [0.4, 0.5) is 13.6 Å². The summed E-state index contributed by atoms with van der Waals surface area (Å²) in [7, 11) is 0. The van der Waals surface area contributed by atoms with Crippen LogP contribution in [-0.4, -0.2) is 19.2 Å². The Morgan fingerprint density at radius 1 is 1.48 bits per heavy atom. The Morgan fingerprint density at radius 2 is 2.14 bits per heavy atom. The first-order chi connectivity index (χ1) is 9.82. The van der Waals surface area contributed by atoms with Crippen molar-refractivity contribution in [1.82, 2.24) is 5.32 Å². The number of ether oxygens (including phenoxy) is 1. The SMILES string of the molecule is C=CCOC(=O)NCC1(c2ccc(F)cc2F)CC1(C)C. The molecule has 1 amide bonds. The molecule has 1 N–H and O–H groups in total. The van der Waals surface area contributed by atoms with E-state index in [1.54, 1.807) is 0 Å². The van der Waals surface area contributed by atoms with Crippen LogP contribution in [0.5, 0.6) is 0 Å². The Kier molecular flexibility index (Phi) is 4.03. The Balaban J connectivity index is 2.15. The van der Waals surface area contributed by atoms with Gasteiger partial charge in [0.25, 0.3) is 0 Å². The molecule has 0 heterocycles. The van der Waals surface area contributed by atoms with Crippen LogP contribution in [0.15, 0.2) is 30.9 Å². The minimum Gasteiger partial charge on any atom is -0.445 e. The topological polar surface area (TPSA) is 38.3 Å². The van der Waals surface area contributed by atoms with Crippen LogP contribution >= 0.6 is 0 Å². The Morgan fingerprint density at radius 3 is 2.67 bits per heavy atom. The molecule has 0 saturated heterocycles. The van der Waals surface area contributed by atoms with Crippen LogP contribution in [0.3, 0.4) is 0 Å². The molecule has 0 bridgehead atoms. The normalized spacial score (nSPS) is 22.5. The third-order valence-corrected chi connectivity index (χ3v) is 4.23. The van der Waals surface area contributed by atoms with Crippen molar-refractivity contribution in [1.29, 1.82) is 0 Å². The van der Waals surface area contributed by atoms with E-state index < -0.39 is 23.1 Å². The summed E-state index contributed by atoms with van der Waals surface area (Å²) in [5, 5.41) is 2.65. The molecule has 1 aromatic rings. The minimum absolute atomic E-state index is 0.118. The summed E-state index contributed by atoms with van der Waals surface area (Å²) >= 11 is 0. The molecule has 1 aromatic carbocycles. The lowest BCUT2D eigenvalue weighted by molar-refractivity contribution is 0.156. The Hall–Kier alpha value is -1.91. The van der Waals surface area contributed by atoms with Crippen LogP contribution in [0.25, 0.3) is 0 Å². The fourth-order valence-electron chi connectivity index (χ4n) is 2.85. The fourth-order valence-corrected chi connectivity index (χ4v) is 2.85. The van der Waals surface area contributed by atoms with E-state index in [1.165, 1.54) is 18.2 Å². The zero-order valence-corrected chi connectivity index (χ0v) is 12.2. The molecule has 3 nitrogen and oxygen atoms in total. The van der Waals surface area contributed by atoms with E-state index in [9.17, 15) is 13.6 Å². The number of alkyl carbamates (subject to hydrolysis) is 1. The highest BCUT2D eigenvalue weighted by Gasteiger charge is 2.62.